The van der Waals surface area contributed by atoms with Crippen molar-refractivity contribution in [1.82, 2.24) is 5.32 Å². The normalized spacial score (nSPS) is 20.7. The molecule has 0 bridgehead atoms. The van der Waals surface area contributed by atoms with Crippen LogP contribution in [0.25, 0.3) is 0 Å². The number of hydrogen-bond donors (Lipinski definition) is 1. The first kappa shape index (κ1) is 26.1. The molecule has 3 heterocycles. The highest BCUT2D eigenvalue weighted by Gasteiger charge is 2.56. The smallest absolute Gasteiger partial charge is 0.317 e. The number of nitrogens with one attached hydrogen (secondary N) is 1. The molecule has 0 aliphatic carbocycles. The van der Waals surface area contributed by atoms with Crippen LogP contribution >= 0.6 is 34.5 Å². The molecule has 1 aromatic heterocycles. The van der Waals surface area contributed by atoms with E-state index in [2.05, 4.69) is 26.1 Å². The van der Waals surface area contributed by atoms with Gasteiger partial charge in [-0.15, -0.1) is 11.3 Å². The van der Waals surface area contributed by atoms with Crippen LogP contribution in [0.15, 0.2) is 29.2 Å². The molecule has 1 saturated heterocycles. The molecular formula is C23H27Cl2F3N2O2S2. The molecule has 2 aliphatic rings. The topological polar surface area (TPSA) is 49.4 Å². The Balaban J connectivity index is 1.95. The molecule has 11 heteroatoms. The maximum atomic E-state index is 14.0. The van der Waals surface area contributed by atoms with E-state index in [-0.39, 0.29) is 25.4 Å². The van der Waals surface area contributed by atoms with E-state index in [1.807, 2.05) is 12.1 Å². The number of piperidine rings is 1. The van der Waals surface area contributed by atoms with Crippen LogP contribution in [0, 0.1) is 0 Å². The number of hydrogen-bond acceptors (Lipinski definition) is 4. The molecule has 34 heavy (non-hydrogen) atoms. The second-order valence-electron chi connectivity index (χ2n) is 10.0. The van der Waals surface area contributed by atoms with Crippen LogP contribution < -0.4 is 9.62 Å². The van der Waals surface area contributed by atoms with E-state index in [0.717, 1.165) is 22.5 Å². The SMILES string of the molecule is CC(C)(C)c1ccc2c(c1)C1(CCNCC1)C(CCC(F)(F)F)N2S(=O)(=O)c1cc(Cl)sc1Cl. The Hall–Kier alpha value is -1.00. The number of sulfonamides is 1. The Morgan fingerprint density at radius 2 is 1.79 bits per heavy atom. The molecule has 0 amide bonds. The van der Waals surface area contributed by atoms with Crippen LogP contribution in [0.2, 0.25) is 8.67 Å². The van der Waals surface area contributed by atoms with Crippen molar-refractivity contribution in [3.05, 3.63) is 44.1 Å². The van der Waals surface area contributed by atoms with E-state index in [1.54, 1.807) is 6.07 Å². The average Bonchev–Trinajstić information content (AvgIpc) is 3.20. The Labute approximate surface area is 212 Å². The predicted octanol–water partition coefficient (Wildman–Crippen LogP) is 6.89. The van der Waals surface area contributed by atoms with Gasteiger partial charge in [0.15, 0.2) is 0 Å². The van der Waals surface area contributed by atoms with Gasteiger partial charge in [-0.05, 0) is 61.0 Å². The van der Waals surface area contributed by atoms with Crippen molar-refractivity contribution in [2.24, 2.45) is 0 Å². The standard InChI is InChI=1S/C23H27Cl2F3N2O2S2/c1-21(2,3)14-4-5-16-15(12-14)22(8-10-29-11-9-22)18(6-7-23(26,27)28)30(16)34(31,32)17-13-19(24)33-20(17)25/h4-5,12-13,18,29H,6-11H2,1-3H3. The van der Waals surface area contributed by atoms with Crippen molar-refractivity contribution < 1.29 is 21.6 Å². The van der Waals surface area contributed by atoms with Crippen molar-refractivity contribution in [3.63, 3.8) is 0 Å². The lowest BCUT2D eigenvalue weighted by molar-refractivity contribution is -0.137. The summed E-state index contributed by atoms with van der Waals surface area (Å²) in [4.78, 5) is -0.169. The third kappa shape index (κ3) is 4.59. The van der Waals surface area contributed by atoms with Crippen LogP contribution in [0.1, 0.15) is 57.6 Å². The van der Waals surface area contributed by atoms with E-state index in [4.69, 9.17) is 23.2 Å². The number of benzene rings is 1. The summed E-state index contributed by atoms with van der Waals surface area (Å²) in [6.07, 6.45) is -4.73. The summed E-state index contributed by atoms with van der Waals surface area (Å²) in [5.74, 6) is 0. The summed E-state index contributed by atoms with van der Waals surface area (Å²) in [5.41, 5.74) is 1.30. The molecule has 4 nitrogen and oxygen atoms in total. The zero-order valence-electron chi connectivity index (χ0n) is 19.1. The van der Waals surface area contributed by atoms with E-state index in [1.165, 1.54) is 10.4 Å². The molecule has 0 radical (unpaired) electrons. The monoisotopic (exact) mass is 554 g/mol. The van der Waals surface area contributed by atoms with Crippen LogP contribution in [-0.2, 0) is 20.9 Å². The number of alkyl halides is 3. The van der Waals surface area contributed by atoms with Crippen LogP contribution in [-0.4, -0.2) is 33.7 Å². The van der Waals surface area contributed by atoms with Gasteiger partial charge in [-0.3, -0.25) is 4.31 Å². The molecule has 0 saturated carbocycles. The second-order valence-corrected chi connectivity index (χ2v) is 14.1. The summed E-state index contributed by atoms with van der Waals surface area (Å²) in [6, 6.07) is 6.00. The van der Waals surface area contributed by atoms with Crippen molar-refractivity contribution in [2.45, 2.75) is 74.4 Å². The number of fused-ring (bicyclic) bond motifs is 2. The van der Waals surface area contributed by atoms with Crippen molar-refractivity contribution in [2.75, 3.05) is 17.4 Å². The average molecular weight is 556 g/mol. The number of halogens is 5. The lowest BCUT2D eigenvalue weighted by Gasteiger charge is -2.42. The zero-order valence-corrected chi connectivity index (χ0v) is 22.2. The van der Waals surface area contributed by atoms with Gasteiger partial charge in [0.2, 0.25) is 0 Å². The number of anilines is 1. The Morgan fingerprint density at radius 3 is 2.32 bits per heavy atom. The summed E-state index contributed by atoms with van der Waals surface area (Å²) < 4.78 is 69.6. The van der Waals surface area contributed by atoms with E-state index < -0.39 is 34.1 Å². The maximum Gasteiger partial charge on any atom is 0.389 e. The van der Waals surface area contributed by atoms with Gasteiger partial charge in [-0.2, -0.15) is 13.2 Å². The third-order valence-electron chi connectivity index (χ3n) is 6.92. The molecule has 1 N–H and O–H groups in total. The highest BCUT2D eigenvalue weighted by Crippen LogP contribution is 2.55. The molecular weight excluding hydrogens is 528 g/mol. The van der Waals surface area contributed by atoms with Crippen LogP contribution in [0.5, 0.6) is 0 Å². The summed E-state index contributed by atoms with van der Waals surface area (Å²) in [6.45, 7) is 7.37. The third-order valence-corrected chi connectivity index (χ3v) is 10.5. The summed E-state index contributed by atoms with van der Waals surface area (Å²) in [7, 11) is -4.26. The van der Waals surface area contributed by atoms with Gasteiger partial charge in [0.1, 0.15) is 9.23 Å². The van der Waals surface area contributed by atoms with Gasteiger partial charge in [-0.1, -0.05) is 56.1 Å². The molecule has 1 aromatic carbocycles. The Morgan fingerprint density at radius 1 is 1.15 bits per heavy atom. The van der Waals surface area contributed by atoms with E-state index >= 15 is 0 Å². The minimum absolute atomic E-state index is 0.00121. The summed E-state index contributed by atoms with van der Waals surface area (Å²) >= 11 is 13.2. The van der Waals surface area contributed by atoms with Gasteiger partial charge in [0, 0.05) is 11.8 Å². The Kier molecular flexibility index (Phi) is 6.77. The molecule has 188 valence electrons. The van der Waals surface area contributed by atoms with Gasteiger partial charge in [0.05, 0.1) is 16.1 Å². The van der Waals surface area contributed by atoms with Gasteiger partial charge < -0.3 is 5.32 Å². The first-order valence-corrected chi connectivity index (χ1v) is 14.1. The maximum absolute atomic E-state index is 14.0. The lowest BCUT2D eigenvalue weighted by Crippen LogP contribution is -2.52. The van der Waals surface area contributed by atoms with Crippen molar-refractivity contribution in [3.8, 4) is 0 Å². The first-order chi connectivity index (χ1) is 15.7. The molecule has 2 aliphatic heterocycles. The minimum Gasteiger partial charge on any atom is -0.317 e. The zero-order chi connectivity index (χ0) is 25.1. The fraction of sp³-hybridized carbons (Fsp3) is 0.565. The molecule has 1 fully saturated rings. The van der Waals surface area contributed by atoms with E-state index in [0.29, 0.717) is 31.6 Å². The van der Waals surface area contributed by atoms with Crippen LogP contribution in [0.4, 0.5) is 18.9 Å². The second kappa shape index (κ2) is 8.83. The molecule has 4 rings (SSSR count). The first-order valence-electron chi connectivity index (χ1n) is 11.1. The van der Waals surface area contributed by atoms with Gasteiger partial charge in [0.25, 0.3) is 10.0 Å². The van der Waals surface area contributed by atoms with Crippen molar-refractivity contribution in [1.29, 1.82) is 0 Å². The Bertz CT molecular complexity index is 1180. The molecule has 2 aromatic rings. The fourth-order valence-electron chi connectivity index (χ4n) is 5.24. The number of rotatable bonds is 4. The van der Waals surface area contributed by atoms with Crippen molar-refractivity contribution >= 4 is 50.2 Å². The highest BCUT2D eigenvalue weighted by molar-refractivity contribution is 7.93. The summed E-state index contributed by atoms with van der Waals surface area (Å²) in [5, 5.41) is 3.28. The lowest BCUT2D eigenvalue weighted by atomic mass is 9.68. The van der Waals surface area contributed by atoms with Gasteiger partial charge >= 0.3 is 6.18 Å². The molecule has 1 atom stereocenters. The van der Waals surface area contributed by atoms with Crippen LogP contribution in [0.3, 0.4) is 0 Å². The van der Waals surface area contributed by atoms with Gasteiger partial charge in [-0.25, -0.2) is 8.42 Å². The quantitative estimate of drug-likeness (QED) is 0.447. The van der Waals surface area contributed by atoms with E-state index in [9.17, 15) is 21.6 Å². The number of nitrogens with zero attached hydrogens (tertiary/aromatic N) is 1. The predicted molar refractivity (Wildman–Crippen MR) is 132 cm³/mol. The molecule has 1 spiro atoms. The highest BCUT2D eigenvalue weighted by atomic mass is 35.5. The number of thiophene rings is 1. The minimum atomic E-state index is -4.40. The molecule has 1 unspecified atom stereocenters. The largest absolute Gasteiger partial charge is 0.389 e. The fourth-order valence-corrected chi connectivity index (χ4v) is 9.12.